The minimum absolute atomic E-state index is 0.110. The quantitative estimate of drug-likeness (QED) is 0.632. The van der Waals surface area contributed by atoms with Gasteiger partial charge in [-0.05, 0) is 42.9 Å². The van der Waals surface area contributed by atoms with E-state index in [1.54, 1.807) is 6.92 Å². The molecule has 0 aromatic heterocycles. The highest BCUT2D eigenvalue weighted by atomic mass is 16.7. The molecular formula is C16H18O5. The normalized spacial score (nSPS) is 18.6. The number of benzene rings is 1. The van der Waals surface area contributed by atoms with Gasteiger partial charge in [-0.15, -0.1) is 0 Å². The van der Waals surface area contributed by atoms with Gasteiger partial charge in [0.2, 0.25) is 0 Å². The number of hydrogen-bond donors (Lipinski definition) is 0. The first-order chi connectivity index (χ1) is 10.2. The molecule has 0 fully saturated rings. The molecule has 0 spiro atoms. The van der Waals surface area contributed by atoms with E-state index in [1.807, 2.05) is 6.07 Å². The molecule has 0 saturated heterocycles. The number of fused-ring (bicyclic) bond motifs is 3. The van der Waals surface area contributed by atoms with Crippen LogP contribution in [0.15, 0.2) is 12.1 Å². The van der Waals surface area contributed by atoms with Gasteiger partial charge in [0.1, 0.15) is 5.75 Å². The van der Waals surface area contributed by atoms with E-state index in [2.05, 4.69) is 15.5 Å². The third-order valence-electron chi connectivity index (χ3n) is 4.06. The highest BCUT2D eigenvalue weighted by molar-refractivity contribution is 5.82. The summed E-state index contributed by atoms with van der Waals surface area (Å²) in [5.74, 6) is 0.515. The van der Waals surface area contributed by atoms with E-state index in [0.29, 0.717) is 6.61 Å². The topological polar surface area (TPSA) is 61.8 Å². The molecular weight excluding hydrogens is 272 g/mol. The Bertz CT molecular complexity index is 578. The molecule has 1 aromatic rings. The maximum absolute atomic E-state index is 11.8. The lowest BCUT2D eigenvalue weighted by molar-refractivity contribution is -0.140. The lowest BCUT2D eigenvalue weighted by atomic mass is 9.92. The van der Waals surface area contributed by atoms with Crippen molar-refractivity contribution in [1.82, 2.24) is 0 Å². The van der Waals surface area contributed by atoms with Crippen LogP contribution < -0.4 is 4.74 Å². The van der Waals surface area contributed by atoms with Crippen molar-refractivity contribution >= 4 is 12.1 Å². The zero-order chi connectivity index (χ0) is 14.8. The number of aryl methyl sites for hydroxylation is 1. The Balaban J connectivity index is 1.72. The molecule has 1 aliphatic heterocycles. The fraction of sp³-hybridized carbons (Fsp3) is 0.500. The fourth-order valence-corrected chi connectivity index (χ4v) is 3.24. The molecule has 3 rings (SSSR count). The zero-order valence-corrected chi connectivity index (χ0v) is 12.0. The predicted octanol–water partition coefficient (Wildman–Crippen LogP) is 2.74. The van der Waals surface area contributed by atoms with Gasteiger partial charge >= 0.3 is 12.1 Å². The second kappa shape index (κ2) is 5.76. The SMILES string of the molecule is CCOC(=O)OC(=O)C[C@@H]1CCc2ccc3c(c21)CCO3. The van der Waals surface area contributed by atoms with Crippen molar-refractivity contribution in [3.63, 3.8) is 0 Å². The minimum atomic E-state index is -0.914. The molecule has 1 atom stereocenters. The highest BCUT2D eigenvalue weighted by Crippen LogP contribution is 2.43. The summed E-state index contributed by atoms with van der Waals surface area (Å²) in [6, 6.07) is 4.09. The minimum Gasteiger partial charge on any atom is -0.493 e. The van der Waals surface area contributed by atoms with Gasteiger partial charge in [-0.3, -0.25) is 4.79 Å². The third kappa shape index (κ3) is 2.73. The number of esters is 1. The van der Waals surface area contributed by atoms with Gasteiger partial charge in [0, 0.05) is 12.0 Å². The molecule has 21 heavy (non-hydrogen) atoms. The van der Waals surface area contributed by atoms with Gasteiger partial charge in [0.05, 0.1) is 19.6 Å². The first-order valence-corrected chi connectivity index (χ1v) is 7.34. The van der Waals surface area contributed by atoms with Crippen molar-refractivity contribution in [2.75, 3.05) is 13.2 Å². The van der Waals surface area contributed by atoms with Crippen LogP contribution in [0.5, 0.6) is 5.75 Å². The predicted molar refractivity (Wildman–Crippen MR) is 74.4 cm³/mol. The summed E-state index contributed by atoms with van der Waals surface area (Å²) in [5.41, 5.74) is 3.73. The summed E-state index contributed by atoms with van der Waals surface area (Å²) in [4.78, 5) is 23.0. The van der Waals surface area contributed by atoms with Crippen molar-refractivity contribution in [3.8, 4) is 5.75 Å². The molecule has 0 bridgehead atoms. The monoisotopic (exact) mass is 290 g/mol. The van der Waals surface area contributed by atoms with E-state index >= 15 is 0 Å². The summed E-state index contributed by atoms with van der Waals surface area (Å²) in [6.45, 7) is 2.57. The number of hydrogen-bond acceptors (Lipinski definition) is 5. The lowest BCUT2D eigenvalue weighted by Crippen LogP contribution is -2.16. The van der Waals surface area contributed by atoms with Crippen LogP contribution >= 0.6 is 0 Å². The van der Waals surface area contributed by atoms with Gasteiger partial charge in [0.15, 0.2) is 0 Å². The molecule has 1 heterocycles. The van der Waals surface area contributed by atoms with E-state index < -0.39 is 12.1 Å². The lowest BCUT2D eigenvalue weighted by Gasteiger charge is -2.13. The Labute approximate surface area is 123 Å². The highest BCUT2D eigenvalue weighted by Gasteiger charge is 2.31. The van der Waals surface area contributed by atoms with Crippen molar-refractivity contribution in [3.05, 3.63) is 28.8 Å². The smallest absolute Gasteiger partial charge is 0.493 e. The second-order valence-corrected chi connectivity index (χ2v) is 5.31. The Morgan fingerprint density at radius 3 is 3.00 bits per heavy atom. The first kappa shape index (κ1) is 13.9. The van der Waals surface area contributed by atoms with Crippen LogP contribution in [0.3, 0.4) is 0 Å². The summed E-state index contributed by atoms with van der Waals surface area (Å²) >= 11 is 0. The van der Waals surface area contributed by atoms with Crippen LogP contribution in [0.4, 0.5) is 4.79 Å². The Kier molecular flexibility index (Phi) is 3.82. The van der Waals surface area contributed by atoms with E-state index in [0.717, 1.165) is 25.0 Å². The summed E-state index contributed by atoms with van der Waals surface area (Å²) in [5, 5.41) is 0. The zero-order valence-electron chi connectivity index (χ0n) is 12.0. The van der Waals surface area contributed by atoms with Crippen molar-refractivity contribution in [2.24, 2.45) is 0 Å². The van der Waals surface area contributed by atoms with Crippen LogP contribution in [0.1, 0.15) is 42.4 Å². The Hall–Kier alpha value is -2.04. The van der Waals surface area contributed by atoms with E-state index in [9.17, 15) is 9.59 Å². The molecule has 2 aliphatic rings. The van der Waals surface area contributed by atoms with Gasteiger partial charge < -0.3 is 14.2 Å². The number of ether oxygens (including phenoxy) is 3. The standard InChI is InChI=1S/C16H18O5/c1-2-19-16(18)21-14(17)9-11-4-3-10-5-6-13-12(15(10)11)7-8-20-13/h5-6,11H,2-4,7-9H2,1H3/t11-/m0/s1. The number of carbonyl (C=O) groups is 2. The largest absolute Gasteiger partial charge is 0.516 e. The first-order valence-electron chi connectivity index (χ1n) is 7.34. The Morgan fingerprint density at radius 2 is 2.19 bits per heavy atom. The van der Waals surface area contributed by atoms with Crippen LogP contribution in [-0.2, 0) is 27.1 Å². The van der Waals surface area contributed by atoms with Crippen molar-refractivity contribution < 1.29 is 23.8 Å². The maximum atomic E-state index is 11.8. The molecule has 1 aliphatic carbocycles. The summed E-state index contributed by atoms with van der Waals surface area (Å²) < 4.78 is 14.9. The molecule has 112 valence electrons. The molecule has 0 radical (unpaired) electrons. The summed E-state index contributed by atoms with van der Waals surface area (Å²) in [6.07, 6.45) is 2.05. The fourth-order valence-electron chi connectivity index (χ4n) is 3.24. The average Bonchev–Trinajstić information content (AvgIpc) is 3.04. The molecule has 5 nitrogen and oxygen atoms in total. The van der Waals surface area contributed by atoms with Crippen molar-refractivity contribution in [2.45, 2.75) is 38.5 Å². The molecule has 1 aromatic carbocycles. The van der Waals surface area contributed by atoms with Crippen LogP contribution in [0.25, 0.3) is 0 Å². The van der Waals surface area contributed by atoms with Gasteiger partial charge in [-0.2, -0.15) is 0 Å². The Morgan fingerprint density at radius 1 is 1.33 bits per heavy atom. The van der Waals surface area contributed by atoms with Crippen LogP contribution in [0, 0.1) is 0 Å². The van der Waals surface area contributed by atoms with E-state index in [1.165, 1.54) is 16.7 Å². The number of rotatable bonds is 3. The summed E-state index contributed by atoms with van der Waals surface area (Å²) in [7, 11) is 0. The molecule has 0 N–H and O–H groups in total. The number of carbonyl (C=O) groups excluding carboxylic acids is 2. The van der Waals surface area contributed by atoms with Crippen LogP contribution in [0.2, 0.25) is 0 Å². The van der Waals surface area contributed by atoms with E-state index in [-0.39, 0.29) is 18.9 Å². The average molecular weight is 290 g/mol. The molecule has 5 heteroatoms. The molecule has 0 saturated carbocycles. The van der Waals surface area contributed by atoms with Crippen LogP contribution in [-0.4, -0.2) is 25.3 Å². The molecule has 0 unspecified atom stereocenters. The second-order valence-electron chi connectivity index (χ2n) is 5.31. The van der Waals surface area contributed by atoms with Crippen molar-refractivity contribution in [1.29, 1.82) is 0 Å². The van der Waals surface area contributed by atoms with Gasteiger partial charge in [-0.1, -0.05) is 6.07 Å². The molecule has 0 amide bonds. The van der Waals surface area contributed by atoms with Gasteiger partial charge in [0.25, 0.3) is 0 Å². The third-order valence-corrected chi connectivity index (χ3v) is 4.06. The maximum Gasteiger partial charge on any atom is 0.516 e. The van der Waals surface area contributed by atoms with Gasteiger partial charge in [-0.25, -0.2) is 4.79 Å². The van der Waals surface area contributed by atoms with E-state index in [4.69, 9.17) is 4.74 Å².